The van der Waals surface area contributed by atoms with Gasteiger partial charge in [-0.05, 0) is 35.4 Å². The lowest BCUT2D eigenvalue weighted by molar-refractivity contribution is 0.0827. The van der Waals surface area contributed by atoms with Crippen LogP contribution in [-0.2, 0) is 0 Å². The van der Waals surface area contributed by atoms with Crippen molar-refractivity contribution in [2.75, 3.05) is 19.8 Å². The van der Waals surface area contributed by atoms with E-state index in [0.717, 1.165) is 16.8 Å². The maximum atomic E-state index is 11.8. The second-order valence-corrected chi connectivity index (χ2v) is 4.40. The molecule has 0 unspecified atom stereocenters. The molecule has 1 amide bonds. The highest BCUT2D eigenvalue weighted by molar-refractivity contribution is 5.94. The molecule has 2 aromatic carbocycles. The summed E-state index contributed by atoms with van der Waals surface area (Å²) in [5, 5.41) is 0. The molecule has 3 nitrogen and oxygen atoms in total. The fourth-order valence-electron chi connectivity index (χ4n) is 1.78. The van der Waals surface area contributed by atoms with Crippen LogP contribution in [0, 0.1) is 0 Å². The summed E-state index contributed by atoms with van der Waals surface area (Å²) >= 11 is 0. The van der Waals surface area contributed by atoms with Gasteiger partial charge in [-0.15, -0.1) is 0 Å². The van der Waals surface area contributed by atoms with Gasteiger partial charge in [-0.1, -0.05) is 24.3 Å². The van der Waals surface area contributed by atoms with Crippen LogP contribution in [0.1, 0.15) is 10.4 Å². The van der Waals surface area contributed by atoms with Gasteiger partial charge in [-0.25, -0.2) is 0 Å². The first-order valence-corrected chi connectivity index (χ1v) is 5.75. The number of nitrogen functional groups attached to an aromatic ring is 1. The predicted molar refractivity (Wildman–Crippen MR) is 74.3 cm³/mol. The zero-order chi connectivity index (χ0) is 13.1. The number of anilines is 1. The fraction of sp³-hybridized carbons (Fsp3) is 0.133. The minimum atomic E-state index is 0.00845. The van der Waals surface area contributed by atoms with Crippen LogP contribution in [-0.4, -0.2) is 24.9 Å². The van der Waals surface area contributed by atoms with E-state index in [1.807, 2.05) is 48.5 Å². The number of hydrogen-bond donors (Lipinski definition) is 1. The summed E-state index contributed by atoms with van der Waals surface area (Å²) in [7, 11) is 3.49. The molecular formula is C15H16N2O. The summed E-state index contributed by atoms with van der Waals surface area (Å²) in [6, 6.07) is 15.2. The average molecular weight is 240 g/mol. The van der Waals surface area contributed by atoms with Crippen molar-refractivity contribution in [2.45, 2.75) is 0 Å². The lowest BCUT2D eigenvalue weighted by atomic mass is 10.0. The highest BCUT2D eigenvalue weighted by Gasteiger charge is 2.07. The van der Waals surface area contributed by atoms with Crippen molar-refractivity contribution < 1.29 is 4.79 Å². The molecule has 18 heavy (non-hydrogen) atoms. The highest BCUT2D eigenvalue weighted by atomic mass is 16.2. The first-order chi connectivity index (χ1) is 8.58. The zero-order valence-electron chi connectivity index (χ0n) is 10.6. The molecule has 0 fully saturated rings. The molecule has 0 aromatic heterocycles. The Hall–Kier alpha value is -2.29. The summed E-state index contributed by atoms with van der Waals surface area (Å²) in [4.78, 5) is 13.3. The van der Waals surface area contributed by atoms with E-state index in [-0.39, 0.29) is 5.91 Å². The second-order valence-electron chi connectivity index (χ2n) is 4.40. The Morgan fingerprint density at radius 2 is 1.67 bits per heavy atom. The van der Waals surface area contributed by atoms with Crippen molar-refractivity contribution in [2.24, 2.45) is 0 Å². The van der Waals surface area contributed by atoms with Crippen LogP contribution in [0.15, 0.2) is 48.5 Å². The van der Waals surface area contributed by atoms with Gasteiger partial charge in [0.25, 0.3) is 5.91 Å². The van der Waals surface area contributed by atoms with Gasteiger partial charge in [0.2, 0.25) is 0 Å². The normalized spacial score (nSPS) is 10.1. The van der Waals surface area contributed by atoms with Gasteiger partial charge in [-0.2, -0.15) is 0 Å². The largest absolute Gasteiger partial charge is 0.399 e. The smallest absolute Gasteiger partial charge is 0.253 e. The van der Waals surface area contributed by atoms with Gasteiger partial charge in [0.1, 0.15) is 0 Å². The SMILES string of the molecule is CN(C)C(=O)c1ccc(-c2cccc(N)c2)cc1. The topological polar surface area (TPSA) is 46.3 Å². The molecule has 0 atom stereocenters. The first kappa shape index (κ1) is 12.2. The van der Waals surface area contributed by atoms with E-state index in [1.165, 1.54) is 0 Å². The first-order valence-electron chi connectivity index (χ1n) is 5.75. The summed E-state index contributed by atoms with van der Waals surface area (Å²) in [5.41, 5.74) is 9.29. The van der Waals surface area contributed by atoms with Crippen LogP contribution in [0.5, 0.6) is 0 Å². The Balaban J connectivity index is 2.30. The van der Waals surface area contributed by atoms with Crippen LogP contribution in [0.3, 0.4) is 0 Å². The number of rotatable bonds is 2. The zero-order valence-corrected chi connectivity index (χ0v) is 10.6. The van der Waals surface area contributed by atoms with Crippen molar-refractivity contribution in [1.82, 2.24) is 4.90 Å². The predicted octanol–water partition coefficient (Wildman–Crippen LogP) is 2.64. The maximum absolute atomic E-state index is 11.8. The summed E-state index contributed by atoms with van der Waals surface area (Å²) < 4.78 is 0. The van der Waals surface area contributed by atoms with Crippen LogP contribution in [0.2, 0.25) is 0 Å². The molecule has 0 aliphatic carbocycles. The fourth-order valence-corrected chi connectivity index (χ4v) is 1.78. The van der Waals surface area contributed by atoms with Gasteiger partial charge < -0.3 is 10.6 Å². The highest BCUT2D eigenvalue weighted by Crippen LogP contribution is 2.22. The van der Waals surface area contributed by atoms with Crippen molar-refractivity contribution in [3.05, 3.63) is 54.1 Å². The van der Waals surface area contributed by atoms with Gasteiger partial charge >= 0.3 is 0 Å². The van der Waals surface area contributed by atoms with Crippen molar-refractivity contribution >= 4 is 11.6 Å². The number of carbonyl (C=O) groups excluding carboxylic acids is 1. The Bertz CT molecular complexity index is 559. The number of nitrogens with zero attached hydrogens (tertiary/aromatic N) is 1. The quantitative estimate of drug-likeness (QED) is 0.820. The molecule has 0 spiro atoms. The Kier molecular flexibility index (Phi) is 3.33. The number of hydrogen-bond acceptors (Lipinski definition) is 2. The van der Waals surface area contributed by atoms with Gasteiger partial charge in [0.05, 0.1) is 0 Å². The third-order valence-electron chi connectivity index (χ3n) is 2.76. The monoisotopic (exact) mass is 240 g/mol. The van der Waals surface area contributed by atoms with E-state index in [1.54, 1.807) is 19.0 Å². The molecule has 0 radical (unpaired) electrons. The lowest BCUT2D eigenvalue weighted by Gasteiger charge is -2.10. The van der Waals surface area contributed by atoms with E-state index in [0.29, 0.717) is 5.56 Å². The van der Waals surface area contributed by atoms with Crippen molar-refractivity contribution in [3.8, 4) is 11.1 Å². The molecule has 2 N–H and O–H groups in total. The van der Waals surface area contributed by atoms with Crippen LogP contribution < -0.4 is 5.73 Å². The van der Waals surface area contributed by atoms with E-state index in [4.69, 9.17) is 5.73 Å². The Morgan fingerprint density at radius 1 is 1.00 bits per heavy atom. The van der Waals surface area contributed by atoms with Crippen LogP contribution >= 0.6 is 0 Å². The summed E-state index contributed by atoms with van der Waals surface area (Å²) in [6.45, 7) is 0. The molecule has 0 aliphatic heterocycles. The third-order valence-corrected chi connectivity index (χ3v) is 2.76. The van der Waals surface area contributed by atoms with Crippen molar-refractivity contribution in [3.63, 3.8) is 0 Å². The molecule has 92 valence electrons. The second kappa shape index (κ2) is 4.92. The molecule has 0 saturated heterocycles. The molecule has 0 aliphatic rings. The lowest BCUT2D eigenvalue weighted by Crippen LogP contribution is -2.21. The Labute approximate surface area is 107 Å². The molecule has 0 bridgehead atoms. The molecular weight excluding hydrogens is 224 g/mol. The number of nitrogens with two attached hydrogens (primary N) is 1. The van der Waals surface area contributed by atoms with Gasteiger partial charge in [0, 0.05) is 25.3 Å². The van der Waals surface area contributed by atoms with Crippen molar-refractivity contribution in [1.29, 1.82) is 0 Å². The molecule has 3 heteroatoms. The van der Waals surface area contributed by atoms with E-state index in [2.05, 4.69) is 0 Å². The van der Waals surface area contributed by atoms with Crippen LogP contribution in [0.25, 0.3) is 11.1 Å². The number of carbonyl (C=O) groups is 1. The minimum Gasteiger partial charge on any atom is -0.399 e. The van der Waals surface area contributed by atoms with Crippen LogP contribution in [0.4, 0.5) is 5.69 Å². The minimum absolute atomic E-state index is 0.00845. The summed E-state index contributed by atoms with van der Waals surface area (Å²) in [6.07, 6.45) is 0. The molecule has 2 aromatic rings. The Morgan fingerprint density at radius 3 is 2.22 bits per heavy atom. The summed E-state index contributed by atoms with van der Waals surface area (Å²) in [5.74, 6) is 0.00845. The van der Waals surface area contributed by atoms with Gasteiger partial charge in [-0.3, -0.25) is 4.79 Å². The number of amides is 1. The molecule has 2 rings (SSSR count). The average Bonchev–Trinajstić information content (AvgIpc) is 2.38. The number of benzene rings is 2. The maximum Gasteiger partial charge on any atom is 0.253 e. The van der Waals surface area contributed by atoms with E-state index >= 15 is 0 Å². The standard InChI is InChI=1S/C15H16N2O/c1-17(2)15(18)12-8-6-11(7-9-12)13-4-3-5-14(16)10-13/h3-10H,16H2,1-2H3. The third kappa shape index (κ3) is 2.51. The molecule has 0 heterocycles. The van der Waals surface area contributed by atoms with Gasteiger partial charge in [0.15, 0.2) is 0 Å². The van der Waals surface area contributed by atoms with E-state index < -0.39 is 0 Å². The van der Waals surface area contributed by atoms with E-state index in [9.17, 15) is 4.79 Å². The molecule has 0 saturated carbocycles.